The van der Waals surface area contributed by atoms with Crippen molar-refractivity contribution in [3.63, 3.8) is 0 Å². The van der Waals surface area contributed by atoms with Gasteiger partial charge in [-0.05, 0) is 43.9 Å². The average molecular weight is 265 g/mol. The Morgan fingerprint density at radius 3 is 2.95 bits per heavy atom. The molecule has 104 valence electrons. The van der Waals surface area contributed by atoms with Crippen LogP contribution in [0.2, 0.25) is 0 Å². The van der Waals surface area contributed by atoms with Gasteiger partial charge in [-0.2, -0.15) is 0 Å². The monoisotopic (exact) mass is 265 g/mol. The van der Waals surface area contributed by atoms with Crippen molar-refractivity contribution in [1.82, 2.24) is 0 Å². The zero-order valence-electron chi connectivity index (χ0n) is 11.1. The Hall–Kier alpha value is -1.78. The minimum Gasteiger partial charge on any atom is -0.409 e. The highest BCUT2D eigenvalue weighted by Crippen LogP contribution is 2.29. The molecule has 1 heterocycles. The first kappa shape index (κ1) is 13.6. The molecule has 0 saturated carbocycles. The van der Waals surface area contributed by atoms with E-state index in [2.05, 4.69) is 17.0 Å². The molecule has 0 bridgehead atoms. The van der Waals surface area contributed by atoms with Gasteiger partial charge in [0.15, 0.2) is 5.84 Å². The van der Waals surface area contributed by atoms with Crippen LogP contribution in [-0.2, 0) is 0 Å². The second-order valence-corrected chi connectivity index (χ2v) is 4.90. The Kier molecular flexibility index (Phi) is 4.24. The van der Waals surface area contributed by atoms with Crippen LogP contribution in [-0.4, -0.2) is 23.6 Å². The van der Waals surface area contributed by atoms with Crippen LogP contribution in [0.5, 0.6) is 0 Å². The molecule has 1 saturated heterocycles. The normalized spacial score (nSPS) is 20.6. The van der Waals surface area contributed by atoms with E-state index in [4.69, 9.17) is 10.9 Å². The first-order chi connectivity index (χ1) is 9.17. The number of oxime groups is 1. The lowest BCUT2D eigenvalue weighted by atomic mass is 9.99. The van der Waals surface area contributed by atoms with Crippen LogP contribution >= 0.6 is 0 Å². The van der Waals surface area contributed by atoms with Crippen LogP contribution in [0.3, 0.4) is 0 Å². The predicted octanol–water partition coefficient (Wildman–Crippen LogP) is 2.69. The lowest BCUT2D eigenvalue weighted by Gasteiger charge is -2.37. The molecule has 2 rings (SSSR count). The van der Waals surface area contributed by atoms with Crippen LogP contribution in [0.15, 0.2) is 23.4 Å². The largest absolute Gasteiger partial charge is 0.409 e. The molecule has 19 heavy (non-hydrogen) atoms. The number of nitrogens with zero attached hydrogens (tertiary/aromatic N) is 2. The van der Waals surface area contributed by atoms with E-state index in [1.165, 1.54) is 12.5 Å². The van der Waals surface area contributed by atoms with Gasteiger partial charge in [-0.1, -0.05) is 12.1 Å². The van der Waals surface area contributed by atoms with Crippen molar-refractivity contribution >= 4 is 11.5 Å². The van der Waals surface area contributed by atoms with Gasteiger partial charge in [0.05, 0.1) is 5.69 Å². The topological polar surface area (TPSA) is 61.8 Å². The summed E-state index contributed by atoms with van der Waals surface area (Å²) in [6.45, 7) is 3.02. The van der Waals surface area contributed by atoms with Crippen molar-refractivity contribution in [1.29, 1.82) is 0 Å². The molecule has 1 atom stereocenters. The van der Waals surface area contributed by atoms with Gasteiger partial charge in [-0.15, -0.1) is 0 Å². The van der Waals surface area contributed by atoms with E-state index in [0.29, 0.717) is 17.3 Å². The number of anilines is 1. The van der Waals surface area contributed by atoms with E-state index in [1.807, 2.05) is 0 Å². The minimum absolute atomic E-state index is 0.0730. The third kappa shape index (κ3) is 2.80. The highest BCUT2D eigenvalue weighted by atomic mass is 19.1. The number of nitrogens with two attached hydrogens (primary N) is 1. The van der Waals surface area contributed by atoms with Gasteiger partial charge >= 0.3 is 0 Å². The van der Waals surface area contributed by atoms with Crippen molar-refractivity contribution in [2.24, 2.45) is 10.9 Å². The first-order valence-corrected chi connectivity index (χ1v) is 6.71. The first-order valence-electron chi connectivity index (χ1n) is 6.71. The summed E-state index contributed by atoms with van der Waals surface area (Å²) in [6, 6.07) is 5.13. The van der Waals surface area contributed by atoms with Gasteiger partial charge in [0.1, 0.15) is 5.82 Å². The summed E-state index contributed by atoms with van der Waals surface area (Å²) in [6.07, 6.45) is 4.43. The van der Waals surface area contributed by atoms with Gasteiger partial charge in [-0.25, -0.2) is 4.39 Å². The molecule has 1 aromatic rings. The minimum atomic E-state index is -0.315. The SMILES string of the molecule is CCC1CCCCN1c1ccc(/C(N)=N/O)cc1F. The average Bonchev–Trinajstić information content (AvgIpc) is 2.46. The second kappa shape index (κ2) is 5.91. The van der Waals surface area contributed by atoms with Crippen molar-refractivity contribution in [3.05, 3.63) is 29.6 Å². The van der Waals surface area contributed by atoms with E-state index in [9.17, 15) is 4.39 Å². The lowest BCUT2D eigenvalue weighted by Crippen LogP contribution is -2.39. The van der Waals surface area contributed by atoms with E-state index < -0.39 is 0 Å². The smallest absolute Gasteiger partial charge is 0.170 e. The molecule has 5 heteroatoms. The molecule has 1 aliphatic heterocycles. The highest BCUT2D eigenvalue weighted by Gasteiger charge is 2.23. The maximum atomic E-state index is 14.2. The summed E-state index contributed by atoms with van der Waals surface area (Å²) in [5.41, 5.74) is 6.47. The van der Waals surface area contributed by atoms with Crippen LogP contribution in [0.4, 0.5) is 10.1 Å². The van der Waals surface area contributed by atoms with Crippen molar-refractivity contribution in [2.75, 3.05) is 11.4 Å². The Morgan fingerprint density at radius 1 is 1.53 bits per heavy atom. The van der Waals surface area contributed by atoms with E-state index in [0.717, 1.165) is 25.8 Å². The molecular weight excluding hydrogens is 245 g/mol. The maximum Gasteiger partial charge on any atom is 0.170 e. The molecule has 4 nitrogen and oxygen atoms in total. The summed E-state index contributed by atoms with van der Waals surface area (Å²) in [4.78, 5) is 2.13. The van der Waals surface area contributed by atoms with Gasteiger partial charge in [0.25, 0.3) is 0 Å². The molecule has 3 N–H and O–H groups in total. The predicted molar refractivity (Wildman–Crippen MR) is 74.2 cm³/mol. The molecule has 1 aromatic carbocycles. The van der Waals surface area contributed by atoms with Crippen molar-refractivity contribution in [3.8, 4) is 0 Å². The maximum absolute atomic E-state index is 14.2. The summed E-state index contributed by atoms with van der Waals surface area (Å²) in [5.74, 6) is -0.388. The molecule has 1 unspecified atom stereocenters. The Balaban J connectivity index is 2.29. The highest BCUT2D eigenvalue weighted by molar-refractivity contribution is 5.97. The number of hydrogen-bond acceptors (Lipinski definition) is 3. The van der Waals surface area contributed by atoms with Crippen molar-refractivity contribution < 1.29 is 9.60 Å². The zero-order chi connectivity index (χ0) is 13.8. The molecule has 0 radical (unpaired) electrons. The van der Waals surface area contributed by atoms with Gasteiger partial charge in [0.2, 0.25) is 0 Å². The van der Waals surface area contributed by atoms with E-state index >= 15 is 0 Å². The Labute approximate surface area is 112 Å². The van der Waals surface area contributed by atoms with Crippen molar-refractivity contribution in [2.45, 2.75) is 38.6 Å². The quantitative estimate of drug-likeness (QED) is 0.382. The number of benzene rings is 1. The molecule has 0 amide bonds. The van der Waals surface area contributed by atoms with Gasteiger partial charge < -0.3 is 15.8 Å². The third-order valence-electron chi connectivity index (χ3n) is 3.76. The fraction of sp³-hybridized carbons (Fsp3) is 0.500. The Bertz CT molecular complexity index is 476. The van der Waals surface area contributed by atoms with E-state index in [1.54, 1.807) is 12.1 Å². The molecule has 0 spiro atoms. The zero-order valence-corrected chi connectivity index (χ0v) is 11.1. The molecule has 0 aromatic heterocycles. The van der Waals surface area contributed by atoms with E-state index in [-0.39, 0.29) is 11.7 Å². The molecule has 1 aliphatic rings. The molecule has 1 fully saturated rings. The fourth-order valence-electron chi connectivity index (χ4n) is 2.70. The van der Waals surface area contributed by atoms with Crippen LogP contribution in [0.25, 0.3) is 0 Å². The second-order valence-electron chi connectivity index (χ2n) is 4.90. The van der Waals surface area contributed by atoms with Gasteiger partial charge in [0, 0.05) is 18.2 Å². The summed E-state index contributed by atoms with van der Waals surface area (Å²) in [5, 5.41) is 11.5. The number of rotatable bonds is 3. The summed E-state index contributed by atoms with van der Waals surface area (Å²) >= 11 is 0. The number of piperidine rings is 1. The molecular formula is C14H20FN3O. The lowest BCUT2D eigenvalue weighted by molar-refractivity contribution is 0.318. The molecule has 0 aliphatic carbocycles. The number of hydrogen-bond donors (Lipinski definition) is 2. The summed E-state index contributed by atoms with van der Waals surface area (Å²) in [7, 11) is 0. The fourth-order valence-corrected chi connectivity index (χ4v) is 2.70. The summed E-state index contributed by atoms with van der Waals surface area (Å²) < 4.78 is 14.2. The third-order valence-corrected chi connectivity index (χ3v) is 3.76. The number of amidine groups is 1. The van der Waals surface area contributed by atoms with Gasteiger partial charge in [-0.3, -0.25) is 0 Å². The van der Waals surface area contributed by atoms with Crippen LogP contribution in [0.1, 0.15) is 38.2 Å². The number of halogens is 1. The Morgan fingerprint density at radius 2 is 2.32 bits per heavy atom. The van der Waals surface area contributed by atoms with Crippen LogP contribution in [0, 0.1) is 5.82 Å². The van der Waals surface area contributed by atoms with Crippen LogP contribution < -0.4 is 10.6 Å². The standard InChI is InChI=1S/C14H20FN3O/c1-2-11-5-3-4-8-18(11)13-7-6-10(9-12(13)15)14(16)17-19/h6-7,9,11,19H,2-5,8H2,1H3,(H2,16,17).